The number of imidazole rings is 1. The molecule has 0 aliphatic rings. The zero-order valence-electron chi connectivity index (χ0n) is 15.2. The summed E-state index contributed by atoms with van der Waals surface area (Å²) in [4.78, 5) is 8.85. The fourth-order valence-electron chi connectivity index (χ4n) is 2.63. The van der Waals surface area contributed by atoms with Crippen molar-refractivity contribution in [1.29, 1.82) is 0 Å². The Hall–Kier alpha value is -2.80. The third kappa shape index (κ3) is 4.86. The molecule has 3 heterocycles. The molecule has 0 amide bonds. The van der Waals surface area contributed by atoms with Crippen molar-refractivity contribution in [2.75, 3.05) is 20.2 Å². The molecule has 0 spiro atoms. The number of hydrogen-bond acceptors (Lipinski definition) is 4. The summed E-state index contributed by atoms with van der Waals surface area (Å²) in [7, 11) is 1.76. The molecule has 0 radical (unpaired) electrons. The minimum atomic E-state index is 0.507. The van der Waals surface area contributed by atoms with Gasteiger partial charge in [0.1, 0.15) is 18.0 Å². The second kappa shape index (κ2) is 9.05. The number of aromatic nitrogens is 2. The Morgan fingerprint density at radius 1 is 1.27 bits per heavy atom. The summed E-state index contributed by atoms with van der Waals surface area (Å²) < 4.78 is 12.9. The van der Waals surface area contributed by atoms with Gasteiger partial charge in [0, 0.05) is 32.1 Å². The fourth-order valence-corrected chi connectivity index (χ4v) is 2.63. The molecule has 0 saturated heterocycles. The Morgan fingerprint density at radius 2 is 2.19 bits per heavy atom. The summed E-state index contributed by atoms with van der Waals surface area (Å²) in [5.74, 6) is 1.60. The first-order valence-corrected chi connectivity index (χ1v) is 8.74. The smallest absolute Gasteiger partial charge is 0.191 e. The lowest BCUT2D eigenvalue weighted by atomic mass is 10.4. The van der Waals surface area contributed by atoms with Gasteiger partial charge in [0.05, 0.1) is 18.5 Å². The Labute approximate surface area is 153 Å². The van der Waals surface area contributed by atoms with E-state index in [-0.39, 0.29) is 0 Å². The third-order valence-corrected chi connectivity index (χ3v) is 3.99. The van der Waals surface area contributed by atoms with Crippen molar-refractivity contribution in [3.8, 4) is 0 Å². The van der Waals surface area contributed by atoms with E-state index in [1.165, 1.54) is 5.69 Å². The lowest BCUT2D eigenvalue weighted by Gasteiger charge is -2.10. The molecule has 3 rings (SSSR count). The van der Waals surface area contributed by atoms with Crippen LogP contribution < -0.4 is 10.6 Å². The number of fused-ring (bicyclic) bond motifs is 1. The van der Waals surface area contributed by atoms with Crippen molar-refractivity contribution in [2.45, 2.75) is 26.5 Å². The maximum absolute atomic E-state index is 5.56. The van der Waals surface area contributed by atoms with Crippen LogP contribution in [0.25, 0.3) is 5.65 Å². The molecule has 0 atom stereocenters. The summed E-state index contributed by atoms with van der Waals surface area (Å²) in [5.41, 5.74) is 3.10. The summed E-state index contributed by atoms with van der Waals surface area (Å²) in [6.07, 6.45) is 4.59. The first kappa shape index (κ1) is 18.0. The largest absolute Gasteiger partial charge is 0.467 e. The number of aryl methyl sites for hydroxylation is 1. The number of rotatable bonds is 8. The molecular weight excluding hydrogens is 330 g/mol. The predicted molar refractivity (Wildman–Crippen MR) is 101 cm³/mol. The van der Waals surface area contributed by atoms with Crippen LogP contribution >= 0.6 is 0 Å². The van der Waals surface area contributed by atoms with E-state index in [1.807, 2.05) is 30.5 Å². The van der Waals surface area contributed by atoms with Crippen LogP contribution in [0.2, 0.25) is 0 Å². The lowest BCUT2D eigenvalue weighted by molar-refractivity contribution is 0.105. The van der Waals surface area contributed by atoms with E-state index in [0.29, 0.717) is 19.8 Å². The van der Waals surface area contributed by atoms with Crippen molar-refractivity contribution < 1.29 is 9.15 Å². The molecular formula is C19H25N5O2. The second-order valence-corrected chi connectivity index (χ2v) is 5.97. The zero-order chi connectivity index (χ0) is 18.2. The van der Waals surface area contributed by atoms with Crippen LogP contribution in [0.1, 0.15) is 23.6 Å². The van der Waals surface area contributed by atoms with Gasteiger partial charge in [-0.3, -0.25) is 4.99 Å². The number of nitrogens with one attached hydrogen (secondary N) is 2. The van der Waals surface area contributed by atoms with Gasteiger partial charge in [-0.05, 0) is 37.6 Å². The Balaban J connectivity index is 1.36. The first-order valence-electron chi connectivity index (χ1n) is 8.74. The lowest BCUT2D eigenvalue weighted by Crippen LogP contribution is -2.37. The highest BCUT2D eigenvalue weighted by molar-refractivity contribution is 5.79. The summed E-state index contributed by atoms with van der Waals surface area (Å²) in [6, 6.07) is 9.86. The van der Waals surface area contributed by atoms with Crippen molar-refractivity contribution in [2.24, 2.45) is 4.99 Å². The molecule has 0 saturated carbocycles. The number of pyridine rings is 1. The van der Waals surface area contributed by atoms with E-state index < -0.39 is 0 Å². The van der Waals surface area contributed by atoms with Gasteiger partial charge in [0.15, 0.2) is 5.96 Å². The summed E-state index contributed by atoms with van der Waals surface area (Å²) in [6.45, 7) is 4.64. The molecule has 0 aromatic carbocycles. The van der Waals surface area contributed by atoms with Crippen molar-refractivity contribution >= 4 is 11.6 Å². The van der Waals surface area contributed by atoms with Crippen molar-refractivity contribution in [1.82, 2.24) is 20.0 Å². The molecule has 0 aliphatic carbocycles. The van der Waals surface area contributed by atoms with Crippen LogP contribution in [0, 0.1) is 6.92 Å². The molecule has 3 aromatic heterocycles. The molecule has 26 heavy (non-hydrogen) atoms. The SMILES string of the molecule is CN=C(NCCCOCc1ccco1)NCc1cn2c(C)cccc2n1. The summed E-state index contributed by atoms with van der Waals surface area (Å²) in [5, 5.41) is 6.57. The highest BCUT2D eigenvalue weighted by atomic mass is 16.5. The van der Waals surface area contributed by atoms with Gasteiger partial charge in [-0.15, -0.1) is 0 Å². The molecule has 0 unspecified atom stereocenters. The highest BCUT2D eigenvalue weighted by Crippen LogP contribution is 2.08. The zero-order valence-corrected chi connectivity index (χ0v) is 15.2. The van der Waals surface area contributed by atoms with Crippen LogP contribution in [0.15, 0.2) is 52.2 Å². The highest BCUT2D eigenvalue weighted by Gasteiger charge is 2.04. The molecule has 138 valence electrons. The predicted octanol–water partition coefficient (Wildman–Crippen LogP) is 2.51. The number of furan rings is 1. The van der Waals surface area contributed by atoms with Crippen molar-refractivity contribution in [3.63, 3.8) is 0 Å². The van der Waals surface area contributed by atoms with E-state index in [9.17, 15) is 0 Å². The molecule has 3 aromatic rings. The molecule has 2 N–H and O–H groups in total. The van der Waals surface area contributed by atoms with Gasteiger partial charge >= 0.3 is 0 Å². The van der Waals surface area contributed by atoms with E-state index in [0.717, 1.165) is 36.0 Å². The fraction of sp³-hybridized carbons (Fsp3) is 0.368. The van der Waals surface area contributed by atoms with Gasteiger partial charge in [-0.2, -0.15) is 0 Å². The quantitative estimate of drug-likeness (QED) is 0.369. The molecule has 0 fully saturated rings. The van der Waals surface area contributed by atoms with Gasteiger partial charge in [0.25, 0.3) is 0 Å². The molecule has 7 heteroatoms. The number of hydrogen-bond donors (Lipinski definition) is 2. The van der Waals surface area contributed by atoms with Crippen LogP contribution in [0.3, 0.4) is 0 Å². The average Bonchev–Trinajstić information content (AvgIpc) is 3.30. The van der Waals surface area contributed by atoms with Gasteiger partial charge in [0.2, 0.25) is 0 Å². The monoisotopic (exact) mass is 355 g/mol. The number of nitrogens with zero attached hydrogens (tertiary/aromatic N) is 3. The second-order valence-electron chi connectivity index (χ2n) is 5.97. The average molecular weight is 355 g/mol. The first-order chi connectivity index (χ1) is 12.8. The molecule has 0 bridgehead atoms. The van der Waals surface area contributed by atoms with E-state index in [1.54, 1.807) is 13.3 Å². The van der Waals surface area contributed by atoms with Crippen LogP contribution in [0.5, 0.6) is 0 Å². The van der Waals surface area contributed by atoms with Gasteiger partial charge in [-0.1, -0.05) is 6.07 Å². The van der Waals surface area contributed by atoms with E-state index >= 15 is 0 Å². The van der Waals surface area contributed by atoms with Crippen LogP contribution in [0.4, 0.5) is 0 Å². The Kier molecular flexibility index (Phi) is 6.27. The van der Waals surface area contributed by atoms with Gasteiger partial charge in [-0.25, -0.2) is 4.98 Å². The minimum Gasteiger partial charge on any atom is -0.467 e. The third-order valence-electron chi connectivity index (χ3n) is 3.99. The van der Waals surface area contributed by atoms with E-state index in [2.05, 4.69) is 38.0 Å². The number of aliphatic imine (C=N–C) groups is 1. The number of guanidine groups is 1. The number of ether oxygens (including phenoxy) is 1. The maximum atomic E-state index is 5.56. The molecule has 0 aliphatic heterocycles. The minimum absolute atomic E-state index is 0.507. The van der Waals surface area contributed by atoms with Gasteiger partial charge < -0.3 is 24.2 Å². The van der Waals surface area contributed by atoms with E-state index in [4.69, 9.17) is 9.15 Å². The Bertz CT molecular complexity index is 839. The van der Waals surface area contributed by atoms with Crippen LogP contribution in [-0.2, 0) is 17.9 Å². The van der Waals surface area contributed by atoms with Crippen LogP contribution in [-0.4, -0.2) is 35.5 Å². The normalized spacial score (nSPS) is 11.8. The summed E-state index contributed by atoms with van der Waals surface area (Å²) >= 11 is 0. The maximum Gasteiger partial charge on any atom is 0.191 e. The van der Waals surface area contributed by atoms with Crippen molar-refractivity contribution in [3.05, 3.63) is 59.9 Å². The Morgan fingerprint density at radius 3 is 2.96 bits per heavy atom. The molecule has 7 nitrogen and oxygen atoms in total. The topological polar surface area (TPSA) is 76.1 Å². The standard InChI is InChI=1S/C19H25N5O2/c1-15-6-3-8-18-23-16(13-24(15)18)12-22-19(20-2)21-9-5-10-25-14-17-7-4-11-26-17/h3-4,6-8,11,13H,5,9-10,12,14H2,1-2H3,(H2,20,21,22).